The van der Waals surface area contributed by atoms with Gasteiger partial charge in [0.1, 0.15) is 23.9 Å². The van der Waals surface area contributed by atoms with E-state index in [1.165, 1.54) is 40.5 Å². The summed E-state index contributed by atoms with van der Waals surface area (Å²) < 4.78 is 20.5. The molecule has 1 aromatic heterocycles. The largest absolute Gasteiger partial charge is 0.507 e. The maximum Gasteiger partial charge on any atom is 0.301 e. The number of amides is 1. The smallest absolute Gasteiger partial charge is 0.301 e. The van der Waals surface area contributed by atoms with Crippen LogP contribution in [0, 0.1) is 12.7 Å². The van der Waals surface area contributed by atoms with Crippen molar-refractivity contribution >= 4 is 44.1 Å². The second-order valence-corrected chi connectivity index (χ2v) is 10.5. The molecular formula is C32H23FN2O4S. The summed E-state index contributed by atoms with van der Waals surface area (Å²) in [5.74, 6) is -1.99. The minimum atomic E-state index is -0.980. The van der Waals surface area contributed by atoms with Crippen LogP contribution in [0.4, 0.5) is 9.52 Å². The fourth-order valence-corrected chi connectivity index (χ4v) is 5.84. The van der Waals surface area contributed by atoms with Gasteiger partial charge in [-0.1, -0.05) is 59.9 Å². The molecule has 2 heterocycles. The highest BCUT2D eigenvalue weighted by Gasteiger charge is 2.48. The van der Waals surface area contributed by atoms with Gasteiger partial charge in [-0.25, -0.2) is 9.37 Å². The molecule has 1 N–H and O–H groups in total. The van der Waals surface area contributed by atoms with Gasteiger partial charge >= 0.3 is 5.91 Å². The molecule has 0 saturated carbocycles. The molecule has 6 nitrogen and oxygen atoms in total. The molecule has 0 radical (unpaired) electrons. The molecule has 198 valence electrons. The number of Topliss-reactive ketones (excluding diaryl/α,β-unsaturated/α-hetero) is 1. The minimum Gasteiger partial charge on any atom is -0.507 e. The molecule has 1 atom stereocenters. The molecule has 40 heavy (non-hydrogen) atoms. The molecule has 1 fully saturated rings. The normalized spacial score (nSPS) is 16.6. The Labute approximate surface area is 233 Å². The Morgan fingerprint density at radius 2 is 1.75 bits per heavy atom. The monoisotopic (exact) mass is 550 g/mol. The minimum absolute atomic E-state index is 0.104. The number of aliphatic hydroxyl groups excluding tert-OH is 1. The summed E-state index contributed by atoms with van der Waals surface area (Å²) in [6.07, 6.45) is 0. The third kappa shape index (κ3) is 4.74. The second-order valence-electron chi connectivity index (χ2n) is 9.49. The molecule has 0 spiro atoms. The van der Waals surface area contributed by atoms with Crippen LogP contribution in [0.5, 0.6) is 5.75 Å². The van der Waals surface area contributed by atoms with Gasteiger partial charge in [-0.15, -0.1) is 0 Å². The van der Waals surface area contributed by atoms with Gasteiger partial charge in [-0.2, -0.15) is 0 Å². The average molecular weight is 551 g/mol. The van der Waals surface area contributed by atoms with Gasteiger partial charge in [0.2, 0.25) is 0 Å². The number of carbonyl (C=O) groups is 2. The highest BCUT2D eigenvalue weighted by Crippen LogP contribution is 2.45. The maximum absolute atomic E-state index is 13.6. The molecular weight excluding hydrogens is 527 g/mol. The van der Waals surface area contributed by atoms with Crippen LogP contribution >= 0.6 is 11.3 Å². The van der Waals surface area contributed by atoms with Crippen molar-refractivity contribution in [1.29, 1.82) is 0 Å². The first kappa shape index (κ1) is 25.5. The molecule has 1 amide bonds. The fourth-order valence-electron chi connectivity index (χ4n) is 4.75. The Kier molecular flexibility index (Phi) is 6.61. The molecule has 4 aromatic carbocycles. The van der Waals surface area contributed by atoms with Gasteiger partial charge in [0.25, 0.3) is 5.78 Å². The number of hydrogen-bond acceptors (Lipinski definition) is 6. The third-order valence-electron chi connectivity index (χ3n) is 6.72. The maximum atomic E-state index is 13.6. The first-order valence-corrected chi connectivity index (χ1v) is 13.4. The Balaban J connectivity index is 1.47. The molecule has 1 saturated heterocycles. The standard InChI is InChI=1S/C32H23FN2O4S/c1-19-10-15-25-26(16-19)40-32(34-25)35-28(22-8-5-9-24(17-22)39-18-20-6-3-2-4-7-20)27(30(37)31(35)38)29(36)21-11-13-23(33)14-12-21/h2-17,28,36H,18H2,1H3. The van der Waals surface area contributed by atoms with Gasteiger partial charge < -0.3 is 9.84 Å². The lowest BCUT2D eigenvalue weighted by molar-refractivity contribution is -0.132. The summed E-state index contributed by atoms with van der Waals surface area (Å²) >= 11 is 1.29. The molecule has 5 aromatic rings. The average Bonchev–Trinajstić information content (AvgIpc) is 3.50. The number of rotatable bonds is 6. The molecule has 0 bridgehead atoms. The summed E-state index contributed by atoms with van der Waals surface area (Å²) in [6.45, 7) is 2.30. The van der Waals surface area contributed by atoms with E-state index in [1.54, 1.807) is 24.3 Å². The number of nitrogens with zero attached hydrogens (tertiary/aromatic N) is 2. The first-order chi connectivity index (χ1) is 19.4. The number of fused-ring (bicyclic) bond motifs is 1. The van der Waals surface area contributed by atoms with Crippen LogP contribution < -0.4 is 9.64 Å². The molecule has 0 aliphatic carbocycles. The number of aliphatic hydroxyl groups is 1. The molecule has 1 aliphatic rings. The molecule has 1 unspecified atom stereocenters. The number of benzene rings is 4. The lowest BCUT2D eigenvalue weighted by Crippen LogP contribution is -2.29. The number of aryl methyl sites for hydroxylation is 1. The first-order valence-electron chi connectivity index (χ1n) is 12.6. The highest BCUT2D eigenvalue weighted by molar-refractivity contribution is 7.22. The zero-order valence-corrected chi connectivity index (χ0v) is 22.2. The van der Waals surface area contributed by atoms with E-state index >= 15 is 0 Å². The van der Waals surface area contributed by atoms with Crippen LogP contribution in [0.2, 0.25) is 0 Å². The third-order valence-corrected chi connectivity index (χ3v) is 7.74. The number of anilines is 1. The topological polar surface area (TPSA) is 79.7 Å². The summed E-state index contributed by atoms with van der Waals surface area (Å²) in [6, 6.07) is 26.7. The number of hydrogen-bond donors (Lipinski definition) is 1. The van der Waals surface area contributed by atoms with Crippen LogP contribution in [-0.4, -0.2) is 21.8 Å². The van der Waals surface area contributed by atoms with Crippen LogP contribution in [0.3, 0.4) is 0 Å². The lowest BCUT2D eigenvalue weighted by atomic mass is 9.95. The zero-order chi connectivity index (χ0) is 27.8. The number of aromatic nitrogens is 1. The van der Waals surface area contributed by atoms with Crippen molar-refractivity contribution < 1.29 is 23.8 Å². The van der Waals surface area contributed by atoms with Crippen molar-refractivity contribution in [2.45, 2.75) is 19.6 Å². The van der Waals surface area contributed by atoms with Crippen molar-refractivity contribution in [3.63, 3.8) is 0 Å². The van der Waals surface area contributed by atoms with Gasteiger partial charge in [-0.05, 0) is 72.1 Å². The SMILES string of the molecule is Cc1ccc2nc(N3C(=O)C(=O)C(=C(O)c4ccc(F)cc4)C3c3cccc(OCc4ccccc4)c3)sc2c1. The highest BCUT2D eigenvalue weighted by atomic mass is 32.1. The summed E-state index contributed by atoms with van der Waals surface area (Å²) in [5, 5.41) is 11.6. The Morgan fingerprint density at radius 3 is 2.52 bits per heavy atom. The van der Waals surface area contributed by atoms with Gasteiger partial charge in [0.05, 0.1) is 21.8 Å². The van der Waals surface area contributed by atoms with Crippen LogP contribution in [0.1, 0.15) is 28.3 Å². The summed E-state index contributed by atoms with van der Waals surface area (Å²) in [5.41, 5.74) is 3.41. The van der Waals surface area contributed by atoms with E-state index in [-0.39, 0.29) is 11.1 Å². The van der Waals surface area contributed by atoms with Crippen molar-refractivity contribution in [3.05, 3.63) is 131 Å². The van der Waals surface area contributed by atoms with Crippen molar-refractivity contribution in [2.24, 2.45) is 0 Å². The van der Waals surface area contributed by atoms with Gasteiger partial charge in [0, 0.05) is 5.56 Å². The quantitative estimate of drug-likeness (QED) is 0.141. The van der Waals surface area contributed by atoms with E-state index in [9.17, 15) is 19.1 Å². The second kappa shape index (κ2) is 10.4. The van der Waals surface area contributed by atoms with E-state index < -0.39 is 29.3 Å². The number of halogens is 1. The lowest BCUT2D eigenvalue weighted by Gasteiger charge is -2.23. The van der Waals surface area contributed by atoms with Crippen LogP contribution in [0.15, 0.2) is 103 Å². The van der Waals surface area contributed by atoms with Crippen molar-refractivity contribution in [3.8, 4) is 5.75 Å². The van der Waals surface area contributed by atoms with E-state index in [0.29, 0.717) is 28.6 Å². The van der Waals surface area contributed by atoms with Crippen molar-refractivity contribution in [1.82, 2.24) is 4.98 Å². The predicted molar refractivity (Wildman–Crippen MR) is 153 cm³/mol. The van der Waals surface area contributed by atoms with Crippen molar-refractivity contribution in [2.75, 3.05) is 4.90 Å². The molecule has 1 aliphatic heterocycles. The Hall–Kier alpha value is -4.82. The van der Waals surface area contributed by atoms with Crippen LogP contribution in [0.25, 0.3) is 16.0 Å². The number of thiazole rings is 1. The summed E-state index contributed by atoms with van der Waals surface area (Å²) in [4.78, 5) is 33.0. The zero-order valence-electron chi connectivity index (χ0n) is 21.4. The van der Waals surface area contributed by atoms with E-state index in [1.807, 2.05) is 55.5 Å². The Bertz CT molecular complexity index is 1780. The van der Waals surface area contributed by atoms with E-state index in [4.69, 9.17) is 4.74 Å². The van der Waals surface area contributed by atoms with E-state index in [0.717, 1.165) is 15.8 Å². The molecule has 6 rings (SSSR count). The summed E-state index contributed by atoms with van der Waals surface area (Å²) in [7, 11) is 0. The van der Waals surface area contributed by atoms with Gasteiger partial charge in [-0.3, -0.25) is 14.5 Å². The number of carbonyl (C=O) groups excluding carboxylic acids is 2. The number of ether oxygens (including phenoxy) is 1. The van der Waals surface area contributed by atoms with Crippen LogP contribution in [-0.2, 0) is 16.2 Å². The van der Waals surface area contributed by atoms with Gasteiger partial charge in [0.15, 0.2) is 5.13 Å². The number of ketones is 1. The van der Waals surface area contributed by atoms with E-state index in [2.05, 4.69) is 4.98 Å². The predicted octanol–water partition coefficient (Wildman–Crippen LogP) is 6.95. The molecule has 8 heteroatoms. The fraction of sp³-hybridized carbons (Fsp3) is 0.0938. The Morgan fingerprint density at radius 1 is 0.975 bits per heavy atom.